The van der Waals surface area contributed by atoms with Gasteiger partial charge in [-0.25, -0.2) is 19.4 Å². The molecular formula is C30H36FN7O3. The maximum Gasteiger partial charge on any atom is 0.247 e. The summed E-state index contributed by atoms with van der Waals surface area (Å²) in [5.74, 6) is 1.01. The van der Waals surface area contributed by atoms with Crippen molar-refractivity contribution in [2.24, 2.45) is 0 Å². The normalized spacial score (nSPS) is 18.6. The molecule has 2 fully saturated rings. The number of nitrogens with one attached hydrogen (secondary N) is 2. The zero-order valence-corrected chi connectivity index (χ0v) is 23.9. The zero-order chi connectivity index (χ0) is 29.1. The van der Waals surface area contributed by atoms with Crippen LogP contribution in [0.4, 0.5) is 33.1 Å². The number of rotatable bonds is 9. The number of amides is 1. The second-order valence-electron chi connectivity index (χ2n) is 10.4. The number of carbonyl (C=O) groups excluding carboxylic acids is 1. The second-order valence-corrected chi connectivity index (χ2v) is 10.4. The van der Waals surface area contributed by atoms with E-state index in [1.54, 1.807) is 37.3 Å². The average Bonchev–Trinajstić information content (AvgIpc) is 3.66. The van der Waals surface area contributed by atoms with Crippen molar-refractivity contribution < 1.29 is 18.8 Å². The second kappa shape index (κ2) is 12.1. The van der Waals surface area contributed by atoms with Crippen LogP contribution in [0.1, 0.15) is 30.0 Å². The Bertz CT molecular complexity index is 1430. The van der Waals surface area contributed by atoms with E-state index < -0.39 is 0 Å². The minimum Gasteiger partial charge on any atom is -0.494 e. The Morgan fingerprint density at radius 2 is 2.05 bits per heavy atom. The number of benzene rings is 2. The minimum absolute atomic E-state index is 0.241. The molecule has 1 aromatic heterocycles. The number of likely N-dealkylation sites (N-methyl/N-ethyl adjacent to an activating group) is 1. The monoisotopic (exact) mass is 561 g/mol. The van der Waals surface area contributed by atoms with Crippen molar-refractivity contribution in [3.05, 3.63) is 72.3 Å². The Morgan fingerprint density at radius 3 is 2.78 bits per heavy atom. The van der Waals surface area contributed by atoms with E-state index in [-0.39, 0.29) is 17.8 Å². The molecule has 2 saturated heterocycles. The first-order chi connectivity index (χ1) is 19.8. The number of aryl methyl sites for hydroxylation is 1. The molecule has 5 rings (SSSR count). The summed E-state index contributed by atoms with van der Waals surface area (Å²) < 4.78 is 20.7. The number of aromatic nitrogens is 2. The summed E-state index contributed by atoms with van der Waals surface area (Å²) in [4.78, 5) is 31.5. The summed E-state index contributed by atoms with van der Waals surface area (Å²) in [5.41, 5.74) is 3.25. The quantitative estimate of drug-likeness (QED) is 0.357. The molecule has 0 bridgehead atoms. The van der Waals surface area contributed by atoms with Crippen LogP contribution in [0.2, 0.25) is 0 Å². The Kier molecular flexibility index (Phi) is 8.36. The van der Waals surface area contributed by atoms with Crippen LogP contribution >= 0.6 is 0 Å². The first-order valence-electron chi connectivity index (χ1n) is 13.6. The lowest BCUT2D eigenvalue weighted by Crippen LogP contribution is -2.31. The molecule has 41 heavy (non-hydrogen) atoms. The largest absolute Gasteiger partial charge is 0.494 e. The first-order valence-corrected chi connectivity index (χ1v) is 13.6. The molecule has 2 atom stereocenters. The Morgan fingerprint density at radius 1 is 1.22 bits per heavy atom. The Labute approximate surface area is 239 Å². The Balaban J connectivity index is 1.45. The van der Waals surface area contributed by atoms with Crippen molar-refractivity contribution in [2.75, 3.05) is 61.5 Å². The fourth-order valence-corrected chi connectivity index (χ4v) is 5.34. The molecule has 3 aromatic rings. The van der Waals surface area contributed by atoms with Gasteiger partial charge in [0.25, 0.3) is 0 Å². The highest BCUT2D eigenvalue weighted by Gasteiger charge is 2.32. The Hall–Kier alpha value is -4.22. The molecule has 0 unspecified atom stereocenters. The van der Waals surface area contributed by atoms with Gasteiger partial charge in [-0.3, -0.25) is 9.63 Å². The van der Waals surface area contributed by atoms with Crippen LogP contribution in [0, 0.1) is 12.7 Å². The molecule has 0 spiro atoms. The molecule has 3 heterocycles. The van der Waals surface area contributed by atoms with Crippen molar-refractivity contribution in [1.29, 1.82) is 0 Å². The average molecular weight is 562 g/mol. The van der Waals surface area contributed by atoms with E-state index in [4.69, 9.17) is 9.57 Å². The number of methoxy groups -OCH3 is 1. The van der Waals surface area contributed by atoms with Crippen LogP contribution in [0.3, 0.4) is 0 Å². The first kappa shape index (κ1) is 28.3. The van der Waals surface area contributed by atoms with Gasteiger partial charge in [0, 0.05) is 43.2 Å². The van der Waals surface area contributed by atoms with Gasteiger partial charge in [0.1, 0.15) is 23.7 Å². The van der Waals surface area contributed by atoms with Gasteiger partial charge in [-0.05, 0) is 45.1 Å². The molecular weight excluding hydrogens is 525 g/mol. The number of ether oxygens (including phenoxy) is 1. The standard InChI is InChI=1S/C30H36FN7O3/c1-6-29(39)35-22-14-23(26(40-5)15-25(22)37-12-10-20(17-37)36(3)4)34-27-16-28(33-18-32-27)38-24(11-13-41-38)21-9-7-8-19(2)30(21)31/h6-9,14-16,18,20,24H,1,10-13,17H2,2-5H3,(H,35,39)(H,32,33,34)/t20-,24-/m1/s1. The van der Waals surface area contributed by atoms with Crippen LogP contribution in [0.15, 0.2) is 55.4 Å². The molecule has 2 aromatic carbocycles. The summed E-state index contributed by atoms with van der Waals surface area (Å²) >= 11 is 0. The molecule has 0 aliphatic carbocycles. The number of hydrogen-bond donors (Lipinski definition) is 2. The van der Waals surface area contributed by atoms with E-state index in [1.807, 2.05) is 18.2 Å². The molecule has 2 aliphatic rings. The number of halogens is 1. The fraction of sp³-hybridized carbons (Fsp3) is 0.367. The van der Waals surface area contributed by atoms with E-state index in [2.05, 4.69) is 51.1 Å². The highest BCUT2D eigenvalue weighted by Crippen LogP contribution is 2.41. The van der Waals surface area contributed by atoms with Crippen molar-refractivity contribution in [3.8, 4) is 5.75 Å². The maximum absolute atomic E-state index is 15.0. The third-order valence-electron chi connectivity index (χ3n) is 7.62. The topological polar surface area (TPSA) is 95.1 Å². The number of hydroxylamine groups is 1. The summed E-state index contributed by atoms with van der Waals surface area (Å²) in [6, 6.07) is 11.0. The molecule has 2 N–H and O–H groups in total. The molecule has 10 nitrogen and oxygen atoms in total. The van der Waals surface area contributed by atoms with Crippen molar-refractivity contribution in [2.45, 2.75) is 31.8 Å². The summed E-state index contributed by atoms with van der Waals surface area (Å²) in [6.45, 7) is 7.47. The zero-order valence-electron chi connectivity index (χ0n) is 23.9. The highest BCUT2D eigenvalue weighted by molar-refractivity contribution is 6.02. The van der Waals surface area contributed by atoms with E-state index in [0.717, 1.165) is 25.2 Å². The lowest BCUT2D eigenvalue weighted by molar-refractivity contribution is -0.111. The number of anilines is 5. The third-order valence-corrected chi connectivity index (χ3v) is 7.62. The van der Waals surface area contributed by atoms with Crippen molar-refractivity contribution in [3.63, 3.8) is 0 Å². The van der Waals surface area contributed by atoms with Gasteiger partial charge in [-0.2, -0.15) is 0 Å². The SMILES string of the molecule is C=CC(=O)Nc1cc(Nc2cc(N3OCC[C@@H]3c3cccc(C)c3F)ncn2)c(OC)cc1N1CC[C@@H](N(C)C)C1. The lowest BCUT2D eigenvalue weighted by atomic mass is 10.0. The van der Waals surface area contributed by atoms with Gasteiger partial charge in [-0.1, -0.05) is 24.8 Å². The summed E-state index contributed by atoms with van der Waals surface area (Å²) in [7, 11) is 5.75. The number of nitrogens with zero attached hydrogens (tertiary/aromatic N) is 5. The predicted molar refractivity (Wildman–Crippen MR) is 158 cm³/mol. The maximum atomic E-state index is 15.0. The van der Waals surface area contributed by atoms with Gasteiger partial charge in [0.15, 0.2) is 5.82 Å². The lowest BCUT2D eigenvalue weighted by Gasteiger charge is -2.26. The smallest absolute Gasteiger partial charge is 0.247 e. The van der Waals surface area contributed by atoms with Gasteiger partial charge < -0.3 is 25.2 Å². The van der Waals surface area contributed by atoms with E-state index in [0.29, 0.717) is 59.0 Å². The van der Waals surface area contributed by atoms with Crippen LogP contribution in [-0.4, -0.2) is 67.7 Å². The molecule has 1 amide bonds. The molecule has 11 heteroatoms. The number of carbonyl (C=O) groups is 1. The van der Waals surface area contributed by atoms with Crippen LogP contribution in [-0.2, 0) is 9.63 Å². The third kappa shape index (κ3) is 5.96. The summed E-state index contributed by atoms with van der Waals surface area (Å²) in [5, 5.41) is 7.88. The molecule has 2 aliphatic heterocycles. The highest BCUT2D eigenvalue weighted by atomic mass is 19.1. The van der Waals surface area contributed by atoms with Crippen LogP contribution < -0.4 is 25.3 Å². The van der Waals surface area contributed by atoms with Crippen LogP contribution in [0.5, 0.6) is 5.75 Å². The van der Waals surface area contributed by atoms with Crippen LogP contribution in [0.25, 0.3) is 0 Å². The van der Waals surface area contributed by atoms with Gasteiger partial charge in [0.2, 0.25) is 5.91 Å². The van der Waals surface area contributed by atoms with E-state index in [9.17, 15) is 9.18 Å². The fourth-order valence-electron chi connectivity index (χ4n) is 5.34. The van der Waals surface area contributed by atoms with E-state index in [1.165, 1.54) is 12.4 Å². The molecule has 0 saturated carbocycles. The van der Waals surface area contributed by atoms with Gasteiger partial charge in [-0.15, -0.1) is 0 Å². The number of hydrogen-bond acceptors (Lipinski definition) is 9. The van der Waals surface area contributed by atoms with Crippen molar-refractivity contribution in [1.82, 2.24) is 14.9 Å². The molecule has 216 valence electrons. The van der Waals surface area contributed by atoms with E-state index >= 15 is 0 Å². The van der Waals surface area contributed by atoms with Gasteiger partial charge in [0.05, 0.1) is 36.8 Å². The predicted octanol–water partition coefficient (Wildman–Crippen LogP) is 4.82. The van der Waals surface area contributed by atoms with Gasteiger partial charge >= 0.3 is 0 Å². The molecule has 0 radical (unpaired) electrons. The summed E-state index contributed by atoms with van der Waals surface area (Å²) in [6.07, 6.45) is 4.31. The minimum atomic E-state index is -0.321. The van der Waals surface area contributed by atoms with Crippen molar-refractivity contribution >= 4 is 34.6 Å².